The number of nitrogens with zero attached hydrogens (tertiary/aromatic N) is 1. The van der Waals surface area contributed by atoms with Crippen LogP contribution >= 0.6 is 11.6 Å². The SMILES string of the molecule is NC(Cc1nc2ccccc2o1)c1ccc(F)cc1Cl. The number of halogens is 2. The van der Waals surface area contributed by atoms with Crippen molar-refractivity contribution in [2.45, 2.75) is 12.5 Å². The Bertz CT molecular complexity index is 723. The second-order valence-corrected chi connectivity index (χ2v) is 4.96. The van der Waals surface area contributed by atoms with Gasteiger partial charge in [0.15, 0.2) is 11.5 Å². The van der Waals surface area contributed by atoms with Crippen molar-refractivity contribution < 1.29 is 8.81 Å². The Morgan fingerprint density at radius 3 is 2.80 bits per heavy atom. The summed E-state index contributed by atoms with van der Waals surface area (Å²) in [6.45, 7) is 0. The molecule has 0 saturated carbocycles. The van der Waals surface area contributed by atoms with E-state index in [-0.39, 0.29) is 5.82 Å². The van der Waals surface area contributed by atoms with Crippen LogP contribution in [0.25, 0.3) is 11.1 Å². The first-order chi connectivity index (χ1) is 9.63. The van der Waals surface area contributed by atoms with Gasteiger partial charge in [-0.1, -0.05) is 29.8 Å². The number of benzene rings is 2. The van der Waals surface area contributed by atoms with E-state index in [4.69, 9.17) is 21.8 Å². The van der Waals surface area contributed by atoms with E-state index >= 15 is 0 Å². The van der Waals surface area contributed by atoms with E-state index in [1.165, 1.54) is 12.1 Å². The zero-order valence-corrected chi connectivity index (χ0v) is 11.3. The molecule has 2 N–H and O–H groups in total. The Hall–Kier alpha value is -1.91. The molecule has 2 aromatic carbocycles. The number of hydrogen-bond acceptors (Lipinski definition) is 3. The highest BCUT2D eigenvalue weighted by atomic mass is 35.5. The number of nitrogens with two attached hydrogens (primary N) is 1. The second kappa shape index (κ2) is 5.23. The van der Waals surface area contributed by atoms with E-state index in [0.717, 1.165) is 11.1 Å². The summed E-state index contributed by atoms with van der Waals surface area (Å²) >= 11 is 6.00. The molecule has 0 aliphatic heterocycles. The minimum Gasteiger partial charge on any atom is -0.441 e. The second-order valence-electron chi connectivity index (χ2n) is 4.55. The smallest absolute Gasteiger partial charge is 0.197 e. The summed E-state index contributed by atoms with van der Waals surface area (Å²) in [6, 6.07) is 11.3. The normalized spacial score (nSPS) is 12.8. The van der Waals surface area contributed by atoms with Gasteiger partial charge in [0.25, 0.3) is 0 Å². The Labute approximate surface area is 120 Å². The average Bonchev–Trinajstić information content (AvgIpc) is 2.80. The van der Waals surface area contributed by atoms with Crippen LogP contribution in [0.4, 0.5) is 4.39 Å². The lowest BCUT2D eigenvalue weighted by Crippen LogP contribution is -2.14. The van der Waals surface area contributed by atoms with Crippen LogP contribution in [-0.4, -0.2) is 4.98 Å². The Kier molecular flexibility index (Phi) is 3.42. The fourth-order valence-corrected chi connectivity index (χ4v) is 2.41. The van der Waals surface area contributed by atoms with Gasteiger partial charge >= 0.3 is 0 Å². The average molecular weight is 291 g/mol. The van der Waals surface area contributed by atoms with Gasteiger partial charge in [0, 0.05) is 17.5 Å². The standard InChI is InChI=1S/C15H12ClFN2O/c16-11-7-9(17)5-6-10(11)12(18)8-15-19-13-3-1-2-4-14(13)20-15/h1-7,12H,8,18H2. The number of hydrogen-bond donors (Lipinski definition) is 1. The molecule has 1 atom stereocenters. The highest BCUT2D eigenvalue weighted by Gasteiger charge is 2.15. The van der Waals surface area contributed by atoms with Crippen LogP contribution in [0.15, 0.2) is 46.9 Å². The monoisotopic (exact) mass is 290 g/mol. The molecule has 0 aliphatic rings. The lowest BCUT2D eigenvalue weighted by Gasteiger charge is -2.11. The maximum Gasteiger partial charge on any atom is 0.197 e. The van der Waals surface area contributed by atoms with E-state index in [2.05, 4.69) is 4.98 Å². The number of rotatable bonds is 3. The Morgan fingerprint density at radius 1 is 1.25 bits per heavy atom. The third-order valence-electron chi connectivity index (χ3n) is 3.09. The van der Waals surface area contributed by atoms with Gasteiger partial charge in [-0.15, -0.1) is 0 Å². The Balaban J connectivity index is 1.86. The minimum atomic E-state index is -0.392. The minimum absolute atomic E-state index is 0.314. The predicted octanol–water partition coefficient (Wildman–Crippen LogP) is 3.86. The first-order valence-electron chi connectivity index (χ1n) is 6.18. The van der Waals surface area contributed by atoms with Crippen LogP contribution < -0.4 is 5.73 Å². The molecular weight excluding hydrogens is 279 g/mol. The number of para-hydroxylation sites is 2. The van der Waals surface area contributed by atoms with Crippen molar-refractivity contribution in [1.82, 2.24) is 4.98 Å². The molecule has 3 nitrogen and oxygen atoms in total. The molecule has 0 aliphatic carbocycles. The highest BCUT2D eigenvalue weighted by molar-refractivity contribution is 6.31. The molecule has 1 heterocycles. The molecule has 0 bridgehead atoms. The fourth-order valence-electron chi connectivity index (χ4n) is 2.11. The molecule has 5 heteroatoms. The van der Waals surface area contributed by atoms with Gasteiger partial charge in [-0.3, -0.25) is 0 Å². The van der Waals surface area contributed by atoms with Crippen molar-refractivity contribution in [2.24, 2.45) is 5.73 Å². The van der Waals surface area contributed by atoms with Gasteiger partial charge in [-0.05, 0) is 29.8 Å². The molecule has 102 valence electrons. The summed E-state index contributed by atoms with van der Waals surface area (Å²) in [4.78, 5) is 4.36. The van der Waals surface area contributed by atoms with Crippen LogP contribution in [0.5, 0.6) is 0 Å². The largest absolute Gasteiger partial charge is 0.441 e. The molecular formula is C15H12ClFN2O. The van der Waals surface area contributed by atoms with Gasteiger partial charge in [-0.25, -0.2) is 9.37 Å². The van der Waals surface area contributed by atoms with Crippen molar-refractivity contribution >= 4 is 22.7 Å². The van der Waals surface area contributed by atoms with E-state index in [9.17, 15) is 4.39 Å². The molecule has 1 unspecified atom stereocenters. The molecule has 3 rings (SSSR count). The summed E-state index contributed by atoms with van der Waals surface area (Å²) in [5.41, 5.74) is 8.28. The summed E-state index contributed by atoms with van der Waals surface area (Å²) in [5, 5.41) is 0.314. The number of fused-ring (bicyclic) bond motifs is 1. The van der Waals surface area contributed by atoms with Gasteiger partial charge in [0.05, 0.1) is 0 Å². The van der Waals surface area contributed by atoms with E-state index in [1.54, 1.807) is 6.07 Å². The van der Waals surface area contributed by atoms with Crippen molar-refractivity contribution in [2.75, 3.05) is 0 Å². The van der Waals surface area contributed by atoms with Crippen molar-refractivity contribution in [3.63, 3.8) is 0 Å². The van der Waals surface area contributed by atoms with Crippen molar-refractivity contribution in [3.8, 4) is 0 Å². The maximum atomic E-state index is 13.0. The summed E-state index contributed by atoms with van der Waals surface area (Å²) in [5.74, 6) is 0.159. The third-order valence-corrected chi connectivity index (χ3v) is 3.42. The molecule has 3 aromatic rings. The van der Waals surface area contributed by atoms with E-state index < -0.39 is 6.04 Å². The summed E-state index contributed by atoms with van der Waals surface area (Å²) < 4.78 is 18.6. The summed E-state index contributed by atoms with van der Waals surface area (Å²) in [6.07, 6.45) is 0.403. The molecule has 1 aromatic heterocycles. The van der Waals surface area contributed by atoms with Crippen molar-refractivity contribution in [3.05, 3.63) is 64.8 Å². The maximum absolute atomic E-state index is 13.0. The van der Waals surface area contributed by atoms with Crippen LogP contribution in [0.2, 0.25) is 5.02 Å². The zero-order chi connectivity index (χ0) is 14.1. The lowest BCUT2D eigenvalue weighted by atomic mass is 10.0. The molecule has 0 radical (unpaired) electrons. The first-order valence-corrected chi connectivity index (χ1v) is 6.56. The molecule has 0 amide bonds. The van der Waals surface area contributed by atoms with Gasteiger partial charge in [-0.2, -0.15) is 0 Å². The molecule has 0 fully saturated rings. The van der Waals surface area contributed by atoms with Crippen LogP contribution in [0.3, 0.4) is 0 Å². The summed E-state index contributed by atoms with van der Waals surface area (Å²) in [7, 11) is 0. The van der Waals surface area contributed by atoms with Gasteiger partial charge in [0.1, 0.15) is 11.3 Å². The molecule has 0 spiro atoms. The molecule has 20 heavy (non-hydrogen) atoms. The van der Waals surface area contributed by atoms with E-state index in [1.807, 2.05) is 24.3 Å². The zero-order valence-electron chi connectivity index (χ0n) is 10.5. The highest BCUT2D eigenvalue weighted by Crippen LogP contribution is 2.26. The first kappa shape index (κ1) is 13.1. The van der Waals surface area contributed by atoms with Gasteiger partial charge in [0.2, 0.25) is 0 Å². The number of aromatic nitrogens is 1. The topological polar surface area (TPSA) is 52.0 Å². The van der Waals surface area contributed by atoms with Crippen LogP contribution in [0.1, 0.15) is 17.5 Å². The predicted molar refractivity (Wildman–Crippen MR) is 76.1 cm³/mol. The molecule has 0 saturated heterocycles. The fraction of sp³-hybridized carbons (Fsp3) is 0.133. The Morgan fingerprint density at radius 2 is 2.05 bits per heavy atom. The third kappa shape index (κ3) is 2.53. The van der Waals surface area contributed by atoms with Crippen LogP contribution in [0, 0.1) is 5.82 Å². The lowest BCUT2D eigenvalue weighted by molar-refractivity contribution is 0.502. The number of oxazole rings is 1. The van der Waals surface area contributed by atoms with Crippen molar-refractivity contribution in [1.29, 1.82) is 0 Å². The van der Waals surface area contributed by atoms with E-state index in [0.29, 0.717) is 22.9 Å². The quantitative estimate of drug-likeness (QED) is 0.797. The van der Waals surface area contributed by atoms with Crippen LogP contribution in [-0.2, 0) is 6.42 Å². The van der Waals surface area contributed by atoms with Gasteiger partial charge < -0.3 is 10.2 Å².